The van der Waals surface area contributed by atoms with E-state index in [4.69, 9.17) is 9.47 Å². The van der Waals surface area contributed by atoms with E-state index in [0.717, 1.165) is 32.4 Å². The fourth-order valence-electron chi connectivity index (χ4n) is 2.99. The second-order valence-electron chi connectivity index (χ2n) is 6.10. The topological polar surface area (TPSA) is 30.5 Å². The first kappa shape index (κ1) is 16.5. The maximum absolute atomic E-state index is 6.19. The summed E-state index contributed by atoms with van der Waals surface area (Å²) in [6.45, 7) is 8.21. The van der Waals surface area contributed by atoms with E-state index in [1.807, 2.05) is 0 Å². The maximum atomic E-state index is 6.19. The lowest BCUT2D eigenvalue weighted by molar-refractivity contribution is -0.104. The Bertz CT molecular complexity index is 385. The van der Waals surface area contributed by atoms with Crippen molar-refractivity contribution in [2.45, 2.75) is 64.4 Å². The van der Waals surface area contributed by atoms with Gasteiger partial charge in [0.05, 0.1) is 31.0 Å². The molecule has 1 saturated heterocycles. The van der Waals surface area contributed by atoms with E-state index in [-0.39, 0.29) is 6.04 Å². The first-order valence-electron chi connectivity index (χ1n) is 8.24. The lowest BCUT2D eigenvalue weighted by atomic mass is 10.0. The molecule has 1 aliphatic heterocycles. The fourth-order valence-corrected chi connectivity index (χ4v) is 2.99. The van der Waals surface area contributed by atoms with Gasteiger partial charge >= 0.3 is 0 Å². The molecule has 0 aliphatic carbocycles. The molecule has 0 radical (unpaired) electrons. The van der Waals surface area contributed by atoms with E-state index in [1.165, 1.54) is 5.56 Å². The van der Waals surface area contributed by atoms with E-state index in [1.54, 1.807) is 0 Å². The van der Waals surface area contributed by atoms with E-state index in [0.29, 0.717) is 18.3 Å². The summed E-state index contributed by atoms with van der Waals surface area (Å²) in [6.07, 6.45) is 4.06. The summed E-state index contributed by atoms with van der Waals surface area (Å²) in [5.41, 5.74) is 1.30. The average molecular weight is 291 g/mol. The standard InChI is InChI=1S/C18H29NO2/c1-4-10-19-18(16-8-6-5-7-9-16)13-20-17-11-14(2)21-15(3)12-17/h5-9,14-15,17-19H,4,10-13H2,1-3H3. The van der Waals surface area contributed by atoms with Gasteiger partial charge in [0.2, 0.25) is 0 Å². The van der Waals surface area contributed by atoms with Crippen LogP contribution in [0, 0.1) is 0 Å². The first-order valence-corrected chi connectivity index (χ1v) is 8.24. The lowest BCUT2D eigenvalue weighted by Gasteiger charge is -2.33. The zero-order valence-corrected chi connectivity index (χ0v) is 13.5. The van der Waals surface area contributed by atoms with Crippen LogP contribution in [0.1, 0.15) is 51.6 Å². The highest BCUT2D eigenvalue weighted by Gasteiger charge is 2.25. The summed E-state index contributed by atoms with van der Waals surface area (Å²) < 4.78 is 12.0. The Morgan fingerprint density at radius 3 is 2.48 bits per heavy atom. The number of rotatable bonds is 7. The molecule has 1 fully saturated rings. The molecule has 1 N–H and O–H groups in total. The van der Waals surface area contributed by atoms with Crippen molar-refractivity contribution < 1.29 is 9.47 Å². The van der Waals surface area contributed by atoms with Gasteiger partial charge in [-0.25, -0.2) is 0 Å². The Balaban J connectivity index is 1.89. The van der Waals surface area contributed by atoms with Gasteiger partial charge in [-0.3, -0.25) is 0 Å². The number of nitrogens with one attached hydrogen (secondary N) is 1. The fraction of sp³-hybridized carbons (Fsp3) is 0.667. The zero-order valence-electron chi connectivity index (χ0n) is 13.5. The molecule has 1 aromatic carbocycles. The Labute approximate surface area is 129 Å². The second kappa shape index (κ2) is 8.52. The molecule has 0 spiro atoms. The Kier molecular flexibility index (Phi) is 6.68. The smallest absolute Gasteiger partial charge is 0.0665 e. The Morgan fingerprint density at radius 2 is 1.86 bits per heavy atom. The van der Waals surface area contributed by atoms with Crippen molar-refractivity contribution in [2.75, 3.05) is 13.2 Å². The second-order valence-corrected chi connectivity index (χ2v) is 6.10. The molecule has 3 nitrogen and oxygen atoms in total. The minimum Gasteiger partial charge on any atom is -0.376 e. The third kappa shape index (κ3) is 5.42. The molecule has 3 unspecified atom stereocenters. The summed E-state index contributed by atoms with van der Waals surface area (Å²) in [7, 11) is 0. The Morgan fingerprint density at radius 1 is 1.19 bits per heavy atom. The SMILES string of the molecule is CCCNC(COC1CC(C)OC(C)C1)c1ccccc1. The molecule has 21 heavy (non-hydrogen) atoms. The summed E-state index contributed by atoms with van der Waals surface area (Å²) in [5.74, 6) is 0. The molecule has 0 amide bonds. The predicted octanol–water partition coefficient (Wildman–Crippen LogP) is 3.70. The number of benzene rings is 1. The minimum atomic E-state index is 0.277. The first-order chi connectivity index (χ1) is 10.2. The Hall–Kier alpha value is -0.900. The van der Waals surface area contributed by atoms with Crippen LogP contribution in [0.5, 0.6) is 0 Å². The van der Waals surface area contributed by atoms with Crippen LogP contribution < -0.4 is 5.32 Å². The molecule has 2 rings (SSSR count). The largest absolute Gasteiger partial charge is 0.376 e. The monoisotopic (exact) mass is 291 g/mol. The van der Waals surface area contributed by atoms with Gasteiger partial charge in [-0.1, -0.05) is 37.3 Å². The molecule has 0 bridgehead atoms. The van der Waals surface area contributed by atoms with Crippen molar-refractivity contribution in [1.82, 2.24) is 5.32 Å². The minimum absolute atomic E-state index is 0.277. The van der Waals surface area contributed by atoms with Crippen molar-refractivity contribution in [1.29, 1.82) is 0 Å². The number of hydrogen-bond donors (Lipinski definition) is 1. The van der Waals surface area contributed by atoms with Crippen molar-refractivity contribution in [3.05, 3.63) is 35.9 Å². The van der Waals surface area contributed by atoms with Crippen LogP contribution in [0.4, 0.5) is 0 Å². The van der Waals surface area contributed by atoms with Crippen molar-refractivity contribution in [2.24, 2.45) is 0 Å². The quantitative estimate of drug-likeness (QED) is 0.831. The van der Waals surface area contributed by atoms with E-state index < -0.39 is 0 Å². The third-order valence-electron chi connectivity index (χ3n) is 4.00. The van der Waals surface area contributed by atoms with Gasteiger partial charge in [-0.15, -0.1) is 0 Å². The molecular weight excluding hydrogens is 262 g/mol. The zero-order chi connectivity index (χ0) is 15.1. The van der Waals surface area contributed by atoms with Gasteiger partial charge in [0, 0.05) is 0 Å². The van der Waals surface area contributed by atoms with Crippen LogP contribution >= 0.6 is 0 Å². The number of ether oxygens (including phenoxy) is 2. The van der Waals surface area contributed by atoms with Crippen LogP contribution in [-0.4, -0.2) is 31.5 Å². The summed E-state index contributed by atoms with van der Waals surface area (Å²) in [4.78, 5) is 0. The molecular formula is C18H29NO2. The van der Waals surface area contributed by atoms with Crippen LogP contribution in [0.25, 0.3) is 0 Å². The normalized spacial score (nSPS) is 27.5. The highest BCUT2D eigenvalue weighted by Crippen LogP contribution is 2.23. The molecule has 118 valence electrons. The van der Waals surface area contributed by atoms with Gasteiger partial charge in [0.15, 0.2) is 0 Å². The van der Waals surface area contributed by atoms with Gasteiger partial charge in [-0.2, -0.15) is 0 Å². The maximum Gasteiger partial charge on any atom is 0.0665 e. The summed E-state index contributed by atoms with van der Waals surface area (Å²) in [6, 6.07) is 10.9. The highest BCUT2D eigenvalue weighted by molar-refractivity contribution is 5.18. The molecule has 1 aliphatic rings. The number of hydrogen-bond acceptors (Lipinski definition) is 3. The average Bonchev–Trinajstić information content (AvgIpc) is 2.47. The van der Waals surface area contributed by atoms with Crippen molar-refractivity contribution >= 4 is 0 Å². The molecule has 3 heteroatoms. The molecule has 3 atom stereocenters. The molecule has 1 aromatic rings. The third-order valence-corrected chi connectivity index (χ3v) is 4.00. The van der Waals surface area contributed by atoms with E-state index in [9.17, 15) is 0 Å². The van der Waals surface area contributed by atoms with Crippen LogP contribution in [0.15, 0.2) is 30.3 Å². The summed E-state index contributed by atoms with van der Waals surface area (Å²) >= 11 is 0. The molecule has 1 heterocycles. The van der Waals surface area contributed by atoms with Crippen molar-refractivity contribution in [3.8, 4) is 0 Å². The predicted molar refractivity (Wildman–Crippen MR) is 86.5 cm³/mol. The van der Waals surface area contributed by atoms with E-state index in [2.05, 4.69) is 56.4 Å². The van der Waals surface area contributed by atoms with Crippen LogP contribution in [0.2, 0.25) is 0 Å². The molecule has 0 aromatic heterocycles. The molecule has 0 saturated carbocycles. The van der Waals surface area contributed by atoms with Crippen LogP contribution in [0.3, 0.4) is 0 Å². The van der Waals surface area contributed by atoms with E-state index >= 15 is 0 Å². The van der Waals surface area contributed by atoms with Crippen LogP contribution in [-0.2, 0) is 9.47 Å². The van der Waals surface area contributed by atoms with Gasteiger partial charge < -0.3 is 14.8 Å². The van der Waals surface area contributed by atoms with Gasteiger partial charge in [0.25, 0.3) is 0 Å². The van der Waals surface area contributed by atoms with Gasteiger partial charge in [0.1, 0.15) is 0 Å². The van der Waals surface area contributed by atoms with Crippen molar-refractivity contribution in [3.63, 3.8) is 0 Å². The summed E-state index contributed by atoms with van der Waals surface area (Å²) in [5, 5.41) is 3.59. The highest BCUT2D eigenvalue weighted by atomic mass is 16.5. The van der Waals surface area contributed by atoms with Gasteiger partial charge in [-0.05, 0) is 45.2 Å². The lowest BCUT2D eigenvalue weighted by Crippen LogP contribution is -2.36.